The maximum Gasteiger partial charge on any atom is 0.183 e. The number of benzene rings is 1. The summed E-state index contributed by atoms with van der Waals surface area (Å²) in [6, 6.07) is 14.0. The van der Waals surface area contributed by atoms with Crippen molar-refractivity contribution in [3.8, 4) is 22.1 Å². The van der Waals surface area contributed by atoms with Gasteiger partial charge in [-0.2, -0.15) is 5.10 Å². The summed E-state index contributed by atoms with van der Waals surface area (Å²) in [6.45, 7) is 3.97. The van der Waals surface area contributed by atoms with Crippen LogP contribution in [0.1, 0.15) is 10.6 Å². The highest BCUT2D eigenvalue weighted by atomic mass is 32.1. The number of rotatable bonds is 6. The number of hydrogen-bond donors (Lipinski definition) is 1. The van der Waals surface area contributed by atoms with Gasteiger partial charge in [0.1, 0.15) is 12.3 Å². The van der Waals surface area contributed by atoms with E-state index in [9.17, 15) is 0 Å². The minimum atomic E-state index is -0.0665. The summed E-state index contributed by atoms with van der Waals surface area (Å²) in [5, 5.41) is 11.2. The van der Waals surface area contributed by atoms with E-state index in [1.54, 1.807) is 22.7 Å². The molecule has 29 heavy (non-hydrogen) atoms. The van der Waals surface area contributed by atoms with Gasteiger partial charge in [-0.3, -0.25) is 4.68 Å². The van der Waals surface area contributed by atoms with Crippen LogP contribution in [0.15, 0.2) is 54.0 Å². The Labute approximate surface area is 176 Å². The summed E-state index contributed by atoms with van der Waals surface area (Å²) in [5.41, 5.74) is 1.92. The number of hydrogen-bond acceptors (Lipinski definition) is 7. The molecule has 1 aliphatic heterocycles. The first kappa shape index (κ1) is 18.2. The van der Waals surface area contributed by atoms with E-state index >= 15 is 0 Å². The molecule has 4 heterocycles. The van der Waals surface area contributed by atoms with Crippen LogP contribution in [0.4, 0.5) is 5.13 Å². The number of thiophene rings is 1. The van der Waals surface area contributed by atoms with Crippen LogP contribution in [0.3, 0.4) is 0 Å². The van der Waals surface area contributed by atoms with E-state index in [0.29, 0.717) is 13.2 Å². The molecule has 1 aromatic carbocycles. The Morgan fingerprint density at radius 1 is 1.17 bits per heavy atom. The predicted molar refractivity (Wildman–Crippen MR) is 116 cm³/mol. The molecule has 148 valence electrons. The second kappa shape index (κ2) is 7.88. The Morgan fingerprint density at radius 3 is 2.93 bits per heavy atom. The van der Waals surface area contributed by atoms with Gasteiger partial charge in [0.15, 0.2) is 22.7 Å². The Kier molecular flexibility index (Phi) is 4.95. The van der Waals surface area contributed by atoms with Crippen molar-refractivity contribution < 1.29 is 9.47 Å². The van der Waals surface area contributed by atoms with Gasteiger partial charge < -0.3 is 14.8 Å². The van der Waals surface area contributed by atoms with E-state index in [-0.39, 0.29) is 6.10 Å². The molecule has 4 aromatic rings. The van der Waals surface area contributed by atoms with Crippen LogP contribution in [-0.2, 0) is 13.1 Å². The molecule has 0 saturated carbocycles. The Balaban J connectivity index is 1.25. The summed E-state index contributed by atoms with van der Waals surface area (Å²) >= 11 is 3.38. The van der Waals surface area contributed by atoms with Crippen LogP contribution in [0.5, 0.6) is 11.5 Å². The van der Waals surface area contributed by atoms with Crippen LogP contribution < -0.4 is 14.8 Å². The molecule has 1 N–H and O–H groups in total. The van der Waals surface area contributed by atoms with Gasteiger partial charge in [-0.1, -0.05) is 29.5 Å². The maximum atomic E-state index is 6.04. The molecule has 0 unspecified atom stereocenters. The molecule has 6 nitrogen and oxygen atoms in total. The van der Waals surface area contributed by atoms with E-state index in [2.05, 4.69) is 27.8 Å². The lowest BCUT2D eigenvalue weighted by molar-refractivity contribution is 0.0759. The van der Waals surface area contributed by atoms with Crippen molar-refractivity contribution in [3.63, 3.8) is 0 Å². The molecular weight excluding hydrogens is 404 g/mol. The van der Waals surface area contributed by atoms with Gasteiger partial charge in [-0.15, -0.1) is 11.3 Å². The summed E-state index contributed by atoms with van der Waals surface area (Å²) in [4.78, 5) is 7.03. The average Bonchev–Trinajstić information content (AvgIpc) is 3.48. The van der Waals surface area contributed by atoms with Crippen molar-refractivity contribution in [3.05, 3.63) is 64.6 Å². The van der Waals surface area contributed by atoms with Gasteiger partial charge in [0.25, 0.3) is 0 Å². The molecule has 3 aromatic heterocycles. The van der Waals surface area contributed by atoms with Crippen molar-refractivity contribution in [2.45, 2.75) is 26.1 Å². The number of aromatic nitrogens is 3. The quantitative estimate of drug-likeness (QED) is 0.480. The zero-order valence-electron chi connectivity index (χ0n) is 15.9. The number of aryl methyl sites for hydroxylation is 1. The van der Waals surface area contributed by atoms with Gasteiger partial charge in [0.2, 0.25) is 0 Å². The highest BCUT2D eigenvalue weighted by Crippen LogP contribution is 2.33. The van der Waals surface area contributed by atoms with Gasteiger partial charge >= 0.3 is 0 Å². The molecule has 0 aliphatic carbocycles. The van der Waals surface area contributed by atoms with E-state index in [0.717, 1.165) is 39.4 Å². The smallest absolute Gasteiger partial charge is 0.183 e. The maximum absolute atomic E-state index is 6.04. The van der Waals surface area contributed by atoms with Gasteiger partial charge in [-0.05, 0) is 36.6 Å². The monoisotopic (exact) mass is 424 g/mol. The molecule has 0 spiro atoms. The van der Waals surface area contributed by atoms with E-state index in [4.69, 9.17) is 14.6 Å². The second-order valence-corrected chi connectivity index (χ2v) is 8.82. The highest BCUT2D eigenvalue weighted by molar-refractivity contribution is 7.19. The Hall–Kier alpha value is -2.84. The van der Waals surface area contributed by atoms with Crippen LogP contribution in [-0.4, -0.2) is 27.5 Å². The third-order valence-electron chi connectivity index (χ3n) is 4.62. The molecule has 8 heteroatoms. The van der Waals surface area contributed by atoms with Crippen LogP contribution >= 0.6 is 22.7 Å². The second-order valence-electron chi connectivity index (χ2n) is 6.79. The molecule has 0 bridgehead atoms. The lowest BCUT2D eigenvalue weighted by atomic mass is 10.2. The van der Waals surface area contributed by atoms with Crippen molar-refractivity contribution in [2.24, 2.45) is 0 Å². The Bertz CT molecular complexity index is 1100. The van der Waals surface area contributed by atoms with Crippen molar-refractivity contribution in [1.29, 1.82) is 0 Å². The number of fused-ring (bicyclic) bond motifs is 1. The number of para-hydroxylation sites is 2. The lowest BCUT2D eigenvalue weighted by Crippen LogP contribution is -2.33. The van der Waals surface area contributed by atoms with E-state index in [1.165, 1.54) is 4.88 Å². The topological polar surface area (TPSA) is 61.2 Å². The summed E-state index contributed by atoms with van der Waals surface area (Å²) in [6.07, 6.45) is 1.92. The molecule has 5 rings (SSSR count). The SMILES string of the molecule is Cc1nc(NCc2cccs2)sc1-c1ccn(C[C@H]2COc3ccccc3O2)n1. The molecule has 1 aliphatic rings. The third-order valence-corrected chi connectivity index (χ3v) is 6.64. The molecule has 0 radical (unpaired) electrons. The predicted octanol–water partition coefficient (Wildman–Crippen LogP) is 4.83. The van der Waals surface area contributed by atoms with Gasteiger partial charge in [0.05, 0.1) is 23.7 Å². The third kappa shape index (κ3) is 3.99. The highest BCUT2D eigenvalue weighted by Gasteiger charge is 2.22. The summed E-state index contributed by atoms with van der Waals surface area (Å²) < 4.78 is 13.8. The molecule has 0 saturated heterocycles. The first-order chi connectivity index (χ1) is 14.2. The average molecular weight is 425 g/mol. The normalized spacial score (nSPS) is 15.4. The first-order valence-electron chi connectivity index (χ1n) is 9.40. The number of ether oxygens (including phenoxy) is 2. The zero-order chi connectivity index (χ0) is 19.6. The van der Waals surface area contributed by atoms with Crippen molar-refractivity contribution >= 4 is 27.8 Å². The fraction of sp³-hybridized carbons (Fsp3) is 0.238. The number of nitrogens with one attached hydrogen (secondary N) is 1. The minimum Gasteiger partial charge on any atom is -0.486 e. The number of thiazole rings is 1. The summed E-state index contributed by atoms with van der Waals surface area (Å²) in [7, 11) is 0. The molecular formula is C21H20N4O2S2. The Morgan fingerprint density at radius 2 is 2.07 bits per heavy atom. The van der Waals surface area contributed by atoms with Crippen molar-refractivity contribution in [1.82, 2.24) is 14.8 Å². The number of nitrogens with zero attached hydrogens (tertiary/aromatic N) is 3. The zero-order valence-corrected chi connectivity index (χ0v) is 17.5. The van der Waals surface area contributed by atoms with E-state index in [1.807, 2.05) is 48.1 Å². The van der Waals surface area contributed by atoms with Gasteiger partial charge in [-0.25, -0.2) is 4.98 Å². The lowest BCUT2D eigenvalue weighted by Gasteiger charge is -2.26. The fourth-order valence-corrected chi connectivity index (χ4v) is 4.80. The van der Waals surface area contributed by atoms with Crippen LogP contribution in [0.2, 0.25) is 0 Å². The van der Waals surface area contributed by atoms with Crippen LogP contribution in [0, 0.1) is 6.92 Å². The number of anilines is 1. The first-order valence-corrected chi connectivity index (χ1v) is 11.1. The van der Waals surface area contributed by atoms with E-state index < -0.39 is 0 Å². The van der Waals surface area contributed by atoms with Crippen LogP contribution in [0.25, 0.3) is 10.6 Å². The summed E-state index contributed by atoms with van der Waals surface area (Å²) in [5.74, 6) is 1.59. The van der Waals surface area contributed by atoms with Crippen molar-refractivity contribution in [2.75, 3.05) is 11.9 Å². The largest absolute Gasteiger partial charge is 0.486 e. The minimum absolute atomic E-state index is 0.0665. The van der Waals surface area contributed by atoms with Gasteiger partial charge in [0, 0.05) is 11.1 Å². The molecule has 0 amide bonds. The standard InChI is InChI=1S/C21H20N4O2S2/c1-14-20(29-21(23-14)22-11-16-5-4-10-28-16)17-8-9-25(24-17)12-15-13-26-18-6-2-3-7-19(18)27-15/h2-10,15H,11-13H2,1H3,(H,22,23)/t15-/m0/s1. The molecule has 1 atom stereocenters. The molecule has 0 fully saturated rings. The fourth-order valence-electron chi connectivity index (χ4n) is 3.23.